The van der Waals surface area contributed by atoms with Crippen LogP contribution in [0.2, 0.25) is 5.02 Å². The summed E-state index contributed by atoms with van der Waals surface area (Å²) >= 11 is 12.0. The Balaban J connectivity index is 3.03. The fourth-order valence-electron chi connectivity index (χ4n) is 1.68. The van der Waals surface area contributed by atoms with E-state index in [1.807, 2.05) is 18.2 Å². The summed E-state index contributed by atoms with van der Waals surface area (Å²) in [7, 11) is 0. The van der Waals surface area contributed by atoms with Crippen LogP contribution in [0.1, 0.15) is 26.3 Å². The van der Waals surface area contributed by atoms with Crippen LogP contribution in [0.15, 0.2) is 18.2 Å². The van der Waals surface area contributed by atoms with Gasteiger partial charge in [-0.1, -0.05) is 17.7 Å². The molecule has 3 heteroatoms. The first-order valence-corrected chi connectivity index (χ1v) is 6.12. The summed E-state index contributed by atoms with van der Waals surface area (Å²) < 4.78 is 0. The molecular formula is C12H17Cl2N. The summed E-state index contributed by atoms with van der Waals surface area (Å²) in [4.78, 5) is 2.26. The van der Waals surface area contributed by atoms with E-state index in [1.54, 1.807) is 0 Å². The first kappa shape index (κ1) is 12.7. The van der Waals surface area contributed by atoms with Crippen LogP contribution in [0.25, 0.3) is 0 Å². The Hall–Kier alpha value is -0.400. The van der Waals surface area contributed by atoms with Crippen LogP contribution in [0.3, 0.4) is 0 Å². The number of nitrogens with zero attached hydrogens (tertiary/aromatic N) is 1. The van der Waals surface area contributed by atoms with E-state index in [-0.39, 0.29) is 0 Å². The molecule has 84 valence electrons. The smallest absolute Gasteiger partial charge is 0.0642 e. The SMILES string of the molecule is CCN(c1ccc(CCl)cc1Cl)C(C)C. The standard InChI is InChI=1S/C12H17Cl2N/c1-4-15(9(2)3)12-6-5-10(8-13)7-11(12)14/h5-7,9H,4,8H2,1-3H3. The Morgan fingerprint density at radius 3 is 2.40 bits per heavy atom. The van der Waals surface area contributed by atoms with Crippen molar-refractivity contribution in [3.63, 3.8) is 0 Å². The average molecular weight is 246 g/mol. The second-order valence-corrected chi connectivity index (χ2v) is 4.47. The number of rotatable bonds is 4. The summed E-state index contributed by atoms with van der Waals surface area (Å²) in [6.07, 6.45) is 0. The van der Waals surface area contributed by atoms with Gasteiger partial charge in [-0.3, -0.25) is 0 Å². The third kappa shape index (κ3) is 3.02. The van der Waals surface area contributed by atoms with Gasteiger partial charge in [-0.25, -0.2) is 0 Å². The molecule has 0 aliphatic rings. The zero-order valence-electron chi connectivity index (χ0n) is 9.43. The Bertz CT molecular complexity index is 323. The van der Waals surface area contributed by atoms with E-state index in [1.165, 1.54) is 0 Å². The minimum Gasteiger partial charge on any atom is -0.368 e. The molecule has 0 saturated carbocycles. The van der Waals surface area contributed by atoms with Crippen LogP contribution >= 0.6 is 23.2 Å². The third-order valence-electron chi connectivity index (χ3n) is 2.44. The first-order valence-electron chi connectivity index (χ1n) is 5.21. The Labute approximate surface area is 102 Å². The predicted octanol–water partition coefficient (Wildman–Crippen LogP) is 4.31. The molecule has 0 N–H and O–H groups in total. The molecule has 0 bridgehead atoms. The predicted molar refractivity (Wildman–Crippen MR) is 69.2 cm³/mol. The van der Waals surface area contributed by atoms with Crippen molar-refractivity contribution in [3.05, 3.63) is 28.8 Å². The second kappa shape index (κ2) is 5.62. The van der Waals surface area contributed by atoms with Gasteiger partial charge in [-0.05, 0) is 38.5 Å². The minimum absolute atomic E-state index is 0.453. The Morgan fingerprint density at radius 2 is 2.00 bits per heavy atom. The van der Waals surface area contributed by atoms with Gasteiger partial charge in [0.2, 0.25) is 0 Å². The normalized spacial score (nSPS) is 10.8. The highest BCUT2D eigenvalue weighted by molar-refractivity contribution is 6.33. The highest BCUT2D eigenvalue weighted by atomic mass is 35.5. The van der Waals surface area contributed by atoms with Crippen molar-refractivity contribution in [2.45, 2.75) is 32.7 Å². The van der Waals surface area contributed by atoms with Gasteiger partial charge in [0.05, 0.1) is 10.7 Å². The lowest BCUT2D eigenvalue weighted by molar-refractivity contribution is 0.704. The molecule has 1 nitrogen and oxygen atoms in total. The van der Waals surface area contributed by atoms with Crippen LogP contribution in [0, 0.1) is 0 Å². The van der Waals surface area contributed by atoms with Gasteiger partial charge >= 0.3 is 0 Å². The van der Waals surface area contributed by atoms with Crippen molar-refractivity contribution < 1.29 is 0 Å². The molecule has 0 aliphatic heterocycles. The summed E-state index contributed by atoms with van der Waals surface area (Å²) in [6.45, 7) is 7.41. The van der Waals surface area contributed by atoms with E-state index >= 15 is 0 Å². The number of hydrogen-bond donors (Lipinski definition) is 0. The molecule has 15 heavy (non-hydrogen) atoms. The van der Waals surface area contributed by atoms with Gasteiger partial charge in [0.25, 0.3) is 0 Å². The van der Waals surface area contributed by atoms with Gasteiger partial charge < -0.3 is 4.90 Å². The molecular weight excluding hydrogens is 229 g/mol. The lowest BCUT2D eigenvalue weighted by Crippen LogP contribution is -2.30. The van der Waals surface area contributed by atoms with Crippen molar-refractivity contribution in [2.75, 3.05) is 11.4 Å². The number of benzene rings is 1. The summed E-state index contributed by atoms with van der Waals surface area (Å²) in [5, 5.41) is 0.781. The quantitative estimate of drug-likeness (QED) is 0.715. The van der Waals surface area contributed by atoms with E-state index < -0.39 is 0 Å². The summed E-state index contributed by atoms with van der Waals surface area (Å²) in [5.74, 6) is 0.508. The second-order valence-electron chi connectivity index (χ2n) is 3.80. The zero-order valence-corrected chi connectivity index (χ0v) is 10.9. The molecule has 1 aromatic carbocycles. The van der Waals surface area contributed by atoms with Crippen molar-refractivity contribution in [2.24, 2.45) is 0 Å². The average Bonchev–Trinajstić information content (AvgIpc) is 2.20. The van der Waals surface area contributed by atoms with Gasteiger partial charge in [0, 0.05) is 18.5 Å². The maximum Gasteiger partial charge on any atom is 0.0642 e. The molecule has 0 radical (unpaired) electrons. The van der Waals surface area contributed by atoms with E-state index in [9.17, 15) is 0 Å². The van der Waals surface area contributed by atoms with Crippen LogP contribution in [-0.2, 0) is 5.88 Å². The van der Waals surface area contributed by atoms with Gasteiger partial charge in [-0.2, -0.15) is 0 Å². The van der Waals surface area contributed by atoms with Crippen LogP contribution in [0.4, 0.5) is 5.69 Å². The number of alkyl halides is 1. The van der Waals surface area contributed by atoms with Gasteiger partial charge in [-0.15, -0.1) is 11.6 Å². The highest BCUT2D eigenvalue weighted by Crippen LogP contribution is 2.28. The van der Waals surface area contributed by atoms with E-state index in [0.29, 0.717) is 11.9 Å². The van der Waals surface area contributed by atoms with Crippen molar-refractivity contribution >= 4 is 28.9 Å². The molecule has 0 spiro atoms. The van der Waals surface area contributed by atoms with E-state index in [4.69, 9.17) is 23.2 Å². The van der Waals surface area contributed by atoms with Crippen molar-refractivity contribution in [3.8, 4) is 0 Å². The molecule has 0 amide bonds. The molecule has 0 fully saturated rings. The number of halogens is 2. The van der Waals surface area contributed by atoms with Crippen LogP contribution in [0.5, 0.6) is 0 Å². The van der Waals surface area contributed by atoms with E-state index in [0.717, 1.165) is 22.8 Å². The number of hydrogen-bond acceptors (Lipinski definition) is 1. The molecule has 1 aromatic rings. The van der Waals surface area contributed by atoms with Crippen LogP contribution < -0.4 is 4.90 Å². The summed E-state index contributed by atoms with van der Waals surface area (Å²) in [6, 6.07) is 6.46. The zero-order chi connectivity index (χ0) is 11.4. The van der Waals surface area contributed by atoms with Gasteiger partial charge in [0.1, 0.15) is 0 Å². The largest absolute Gasteiger partial charge is 0.368 e. The monoisotopic (exact) mass is 245 g/mol. The summed E-state index contributed by atoms with van der Waals surface area (Å²) in [5.41, 5.74) is 2.15. The molecule has 0 aliphatic carbocycles. The van der Waals surface area contributed by atoms with E-state index in [2.05, 4.69) is 25.7 Å². The van der Waals surface area contributed by atoms with Gasteiger partial charge in [0.15, 0.2) is 0 Å². The Kier molecular flexibility index (Phi) is 4.75. The maximum atomic E-state index is 6.23. The topological polar surface area (TPSA) is 3.24 Å². The van der Waals surface area contributed by atoms with Crippen molar-refractivity contribution in [1.29, 1.82) is 0 Å². The molecule has 0 aromatic heterocycles. The third-order valence-corrected chi connectivity index (χ3v) is 3.05. The highest BCUT2D eigenvalue weighted by Gasteiger charge is 2.11. The molecule has 0 atom stereocenters. The fourth-order valence-corrected chi connectivity index (χ4v) is 2.16. The molecule has 1 rings (SSSR count). The lowest BCUT2D eigenvalue weighted by atomic mass is 10.2. The Morgan fingerprint density at radius 1 is 1.33 bits per heavy atom. The lowest BCUT2D eigenvalue weighted by Gasteiger charge is -2.28. The van der Waals surface area contributed by atoms with Crippen molar-refractivity contribution in [1.82, 2.24) is 0 Å². The molecule has 0 heterocycles. The molecule has 0 unspecified atom stereocenters. The molecule has 0 saturated heterocycles. The minimum atomic E-state index is 0.453. The fraction of sp³-hybridized carbons (Fsp3) is 0.500. The number of anilines is 1. The first-order chi connectivity index (χ1) is 7.10. The maximum absolute atomic E-state index is 6.23. The van der Waals surface area contributed by atoms with Crippen LogP contribution in [-0.4, -0.2) is 12.6 Å².